The van der Waals surface area contributed by atoms with Gasteiger partial charge < -0.3 is 4.90 Å². The molecular weight excluding hydrogens is 342 g/mol. The van der Waals surface area contributed by atoms with Crippen molar-refractivity contribution in [2.45, 2.75) is 31.8 Å². The Balaban J connectivity index is 1.91. The molecule has 3 heterocycles. The molecule has 0 unspecified atom stereocenters. The van der Waals surface area contributed by atoms with E-state index in [9.17, 15) is 14.4 Å². The van der Waals surface area contributed by atoms with Crippen molar-refractivity contribution in [2.75, 3.05) is 18.5 Å². The third kappa shape index (κ3) is 2.19. The molecule has 3 amide bonds. The number of carbonyl (C=O) groups is 3. The lowest BCUT2D eigenvalue weighted by Gasteiger charge is -2.30. The molecule has 2 saturated heterocycles. The van der Waals surface area contributed by atoms with Gasteiger partial charge in [-0.2, -0.15) is 0 Å². The third-order valence-electron chi connectivity index (χ3n) is 6.12. The average Bonchev–Trinajstić information content (AvgIpc) is 3.17. The summed E-state index contributed by atoms with van der Waals surface area (Å²) in [4.78, 5) is 42.5. The molecule has 6 nitrogen and oxygen atoms in total. The van der Waals surface area contributed by atoms with Gasteiger partial charge in [0.25, 0.3) is 5.91 Å². The van der Waals surface area contributed by atoms with Crippen LogP contribution in [0.5, 0.6) is 0 Å². The number of hydrogen-bond donors (Lipinski definition) is 1. The van der Waals surface area contributed by atoms with E-state index in [0.717, 1.165) is 17.7 Å². The first-order chi connectivity index (χ1) is 12.8. The molecule has 3 aliphatic heterocycles. The summed E-state index contributed by atoms with van der Waals surface area (Å²) in [6.45, 7) is 8.30. The molecule has 0 radical (unpaired) electrons. The highest BCUT2D eigenvalue weighted by molar-refractivity contribution is 6.16. The molecular formula is C21H25N3O3. The molecule has 0 saturated carbocycles. The number of imide groups is 1. The average molecular weight is 367 g/mol. The van der Waals surface area contributed by atoms with Gasteiger partial charge in [-0.3, -0.25) is 24.6 Å². The van der Waals surface area contributed by atoms with E-state index in [1.807, 2.05) is 24.3 Å². The molecule has 0 aromatic heterocycles. The zero-order valence-corrected chi connectivity index (χ0v) is 15.9. The maximum atomic E-state index is 13.6. The summed E-state index contributed by atoms with van der Waals surface area (Å²) in [7, 11) is 1.52. The Morgan fingerprint density at radius 3 is 2.59 bits per heavy atom. The first-order valence-corrected chi connectivity index (χ1v) is 9.46. The van der Waals surface area contributed by atoms with Crippen LogP contribution in [0.3, 0.4) is 0 Å². The second kappa shape index (κ2) is 6.02. The lowest BCUT2D eigenvalue weighted by Crippen LogP contribution is -2.55. The minimum Gasteiger partial charge on any atom is -0.306 e. The Labute approximate surface area is 159 Å². The Morgan fingerprint density at radius 1 is 1.22 bits per heavy atom. The van der Waals surface area contributed by atoms with E-state index in [1.165, 1.54) is 11.9 Å². The van der Waals surface area contributed by atoms with Crippen LogP contribution in [0.25, 0.3) is 0 Å². The van der Waals surface area contributed by atoms with Crippen molar-refractivity contribution in [2.24, 2.45) is 17.8 Å². The van der Waals surface area contributed by atoms with Gasteiger partial charge in [0.05, 0.1) is 11.8 Å². The predicted octanol–water partition coefficient (Wildman–Crippen LogP) is 1.66. The number of likely N-dealkylation sites (tertiary alicyclic amines) is 1. The highest BCUT2D eigenvalue weighted by Crippen LogP contribution is 2.54. The van der Waals surface area contributed by atoms with Gasteiger partial charge in [0.1, 0.15) is 5.54 Å². The standard InChI is InChI=1S/C21H25N3O3/c1-5-10-24-15-9-7-6-8-13(15)21(20(24)27)17-16(14(22-21)11-12(2)3)18(25)23(4)19(17)26/h5-9,12,14,16-17,22H,1,10-11H2,2-4H3/t14-,16-,17-,21-/m0/s1. The van der Waals surface area contributed by atoms with Crippen LogP contribution in [0.2, 0.25) is 0 Å². The Hall–Kier alpha value is -2.47. The molecule has 142 valence electrons. The molecule has 1 aromatic rings. The molecule has 1 N–H and O–H groups in total. The van der Waals surface area contributed by atoms with Gasteiger partial charge in [-0.05, 0) is 18.4 Å². The van der Waals surface area contributed by atoms with Gasteiger partial charge in [0.15, 0.2) is 0 Å². The number of benzene rings is 1. The van der Waals surface area contributed by atoms with Crippen molar-refractivity contribution in [3.8, 4) is 0 Å². The summed E-state index contributed by atoms with van der Waals surface area (Å²) in [6, 6.07) is 7.34. The minimum atomic E-state index is -1.18. The van der Waals surface area contributed by atoms with Crippen LogP contribution >= 0.6 is 0 Å². The van der Waals surface area contributed by atoms with Crippen molar-refractivity contribution < 1.29 is 14.4 Å². The van der Waals surface area contributed by atoms with Gasteiger partial charge in [-0.15, -0.1) is 6.58 Å². The predicted molar refractivity (Wildman–Crippen MR) is 102 cm³/mol. The van der Waals surface area contributed by atoms with Crippen molar-refractivity contribution in [3.63, 3.8) is 0 Å². The minimum absolute atomic E-state index is 0.165. The molecule has 4 rings (SSSR count). The molecule has 4 atom stereocenters. The van der Waals surface area contributed by atoms with Crippen LogP contribution in [0.1, 0.15) is 25.8 Å². The summed E-state index contributed by atoms with van der Waals surface area (Å²) in [5.74, 6) is -1.50. The summed E-state index contributed by atoms with van der Waals surface area (Å²) in [5.41, 5.74) is 0.393. The van der Waals surface area contributed by atoms with Crippen molar-refractivity contribution in [3.05, 3.63) is 42.5 Å². The SMILES string of the molecule is C=CCN1C(=O)[C@]2(N[C@@H](CC(C)C)[C@@H]3C(=O)N(C)C(=O)[C@H]32)c2ccccc21. The number of amides is 3. The number of anilines is 1. The summed E-state index contributed by atoms with van der Waals surface area (Å²) >= 11 is 0. The maximum Gasteiger partial charge on any atom is 0.253 e. The van der Waals surface area contributed by atoms with Gasteiger partial charge in [0.2, 0.25) is 11.8 Å². The second-order valence-electron chi connectivity index (χ2n) is 8.15. The van der Waals surface area contributed by atoms with Crippen LogP contribution in [0, 0.1) is 17.8 Å². The molecule has 0 aliphatic carbocycles. The number of nitrogens with zero attached hydrogens (tertiary/aromatic N) is 2. The fourth-order valence-corrected chi connectivity index (χ4v) is 5.11. The monoisotopic (exact) mass is 367 g/mol. The molecule has 27 heavy (non-hydrogen) atoms. The maximum absolute atomic E-state index is 13.6. The summed E-state index contributed by atoms with van der Waals surface area (Å²) < 4.78 is 0. The number of carbonyl (C=O) groups excluding carboxylic acids is 3. The quantitative estimate of drug-likeness (QED) is 0.649. The molecule has 1 aromatic carbocycles. The topological polar surface area (TPSA) is 69.7 Å². The van der Waals surface area contributed by atoms with E-state index in [2.05, 4.69) is 25.7 Å². The van der Waals surface area contributed by atoms with Crippen LogP contribution < -0.4 is 10.2 Å². The molecule has 0 bridgehead atoms. The second-order valence-corrected chi connectivity index (χ2v) is 8.15. The summed E-state index contributed by atoms with van der Waals surface area (Å²) in [5, 5.41) is 3.48. The van der Waals surface area contributed by atoms with Crippen molar-refractivity contribution in [1.29, 1.82) is 0 Å². The lowest BCUT2D eigenvalue weighted by atomic mass is 9.76. The lowest BCUT2D eigenvalue weighted by molar-refractivity contribution is -0.141. The fraction of sp³-hybridized carbons (Fsp3) is 0.476. The Kier molecular flexibility index (Phi) is 4.00. The fourth-order valence-electron chi connectivity index (χ4n) is 5.11. The van der Waals surface area contributed by atoms with Gasteiger partial charge in [-0.25, -0.2) is 0 Å². The number of fused-ring (bicyclic) bond motifs is 4. The first kappa shape index (κ1) is 17.9. The smallest absolute Gasteiger partial charge is 0.253 e. The highest BCUT2D eigenvalue weighted by atomic mass is 16.2. The number of rotatable bonds is 4. The van der Waals surface area contributed by atoms with Crippen molar-refractivity contribution >= 4 is 23.4 Å². The number of para-hydroxylation sites is 1. The van der Waals surface area contributed by atoms with E-state index in [1.54, 1.807) is 11.0 Å². The number of hydrogen-bond acceptors (Lipinski definition) is 4. The van der Waals surface area contributed by atoms with Gasteiger partial charge in [-0.1, -0.05) is 38.1 Å². The zero-order valence-electron chi connectivity index (χ0n) is 15.9. The largest absolute Gasteiger partial charge is 0.306 e. The van der Waals surface area contributed by atoms with E-state index < -0.39 is 17.4 Å². The molecule has 2 fully saturated rings. The molecule has 1 spiro atoms. The van der Waals surface area contributed by atoms with Gasteiger partial charge >= 0.3 is 0 Å². The Morgan fingerprint density at radius 2 is 1.93 bits per heavy atom. The molecule has 6 heteroatoms. The first-order valence-electron chi connectivity index (χ1n) is 9.46. The van der Waals surface area contributed by atoms with Crippen LogP contribution in [0.15, 0.2) is 36.9 Å². The zero-order chi connectivity index (χ0) is 19.5. The number of nitrogens with one attached hydrogen (secondary N) is 1. The van der Waals surface area contributed by atoms with Crippen molar-refractivity contribution in [1.82, 2.24) is 10.2 Å². The Bertz CT molecular complexity index is 849. The van der Waals surface area contributed by atoms with Crippen LogP contribution in [-0.2, 0) is 19.9 Å². The van der Waals surface area contributed by atoms with Crippen LogP contribution in [0.4, 0.5) is 5.69 Å². The van der Waals surface area contributed by atoms with Crippen LogP contribution in [-0.4, -0.2) is 42.3 Å². The summed E-state index contributed by atoms with van der Waals surface area (Å²) in [6.07, 6.45) is 2.41. The van der Waals surface area contributed by atoms with E-state index >= 15 is 0 Å². The highest BCUT2D eigenvalue weighted by Gasteiger charge is 2.70. The van der Waals surface area contributed by atoms with E-state index in [0.29, 0.717) is 12.5 Å². The van der Waals surface area contributed by atoms with E-state index in [4.69, 9.17) is 0 Å². The third-order valence-corrected chi connectivity index (χ3v) is 6.12. The van der Waals surface area contributed by atoms with E-state index in [-0.39, 0.29) is 23.8 Å². The normalized spacial score (nSPS) is 32.0. The molecule has 3 aliphatic rings. The van der Waals surface area contributed by atoms with Gasteiger partial charge in [0, 0.05) is 30.9 Å².